The van der Waals surface area contributed by atoms with Gasteiger partial charge in [0.25, 0.3) is 0 Å². The Bertz CT molecular complexity index is 1230. The molecule has 2 heterocycles. The first-order valence-corrected chi connectivity index (χ1v) is 8.71. The summed E-state index contributed by atoms with van der Waals surface area (Å²) in [7, 11) is 0. The van der Waals surface area contributed by atoms with E-state index in [-0.39, 0.29) is 0 Å². The van der Waals surface area contributed by atoms with Gasteiger partial charge in [0.15, 0.2) is 5.65 Å². The van der Waals surface area contributed by atoms with Crippen LogP contribution in [0.25, 0.3) is 38.8 Å². The van der Waals surface area contributed by atoms with Gasteiger partial charge in [-0.15, -0.1) is 0 Å². The van der Waals surface area contributed by atoms with E-state index in [0.29, 0.717) is 0 Å². The summed E-state index contributed by atoms with van der Waals surface area (Å²) >= 11 is 0. The van der Waals surface area contributed by atoms with Gasteiger partial charge in [0.1, 0.15) is 0 Å². The van der Waals surface area contributed by atoms with Gasteiger partial charge in [0.2, 0.25) is 0 Å². The molecular weight excluding hydrogens is 318 g/mol. The zero-order valence-electron chi connectivity index (χ0n) is 14.4. The summed E-state index contributed by atoms with van der Waals surface area (Å²) in [5.74, 6) is 0. The lowest BCUT2D eigenvalue weighted by Gasteiger charge is -2.09. The Morgan fingerprint density at radius 1 is 0.769 bits per heavy atom. The SMILES string of the molecule is Cc1nn2c(-c3cccc4ccccc34)ccnc2c1-c1ccccc1. The standard InChI is InChI=1S/C23H17N3/c1-16-22(18-9-3-2-4-10-18)23-24-15-14-21(26(23)25-16)20-13-7-11-17-8-5-6-12-19(17)20/h2-15H,1H3. The van der Waals surface area contributed by atoms with Gasteiger partial charge < -0.3 is 0 Å². The molecule has 0 aliphatic heterocycles. The van der Waals surface area contributed by atoms with Gasteiger partial charge >= 0.3 is 0 Å². The number of aryl methyl sites for hydroxylation is 1. The van der Waals surface area contributed by atoms with Crippen molar-refractivity contribution in [3.63, 3.8) is 0 Å². The van der Waals surface area contributed by atoms with Crippen molar-refractivity contribution in [3.8, 4) is 22.4 Å². The van der Waals surface area contributed by atoms with E-state index in [2.05, 4.69) is 59.6 Å². The summed E-state index contributed by atoms with van der Waals surface area (Å²) in [6, 6.07) is 27.2. The molecule has 0 amide bonds. The maximum atomic E-state index is 4.83. The minimum atomic E-state index is 0.888. The average molecular weight is 335 g/mol. The van der Waals surface area contributed by atoms with E-state index in [1.165, 1.54) is 10.8 Å². The number of nitrogens with zero attached hydrogens (tertiary/aromatic N) is 3. The summed E-state index contributed by atoms with van der Waals surface area (Å²) in [4.78, 5) is 4.65. The second-order valence-electron chi connectivity index (χ2n) is 6.42. The number of benzene rings is 3. The van der Waals surface area contributed by atoms with E-state index >= 15 is 0 Å². The molecule has 3 aromatic carbocycles. The van der Waals surface area contributed by atoms with Gasteiger partial charge in [0.05, 0.1) is 11.4 Å². The molecule has 0 radical (unpaired) electrons. The first-order valence-electron chi connectivity index (χ1n) is 8.71. The van der Waals surface area contributed by atoms with Crippen LogP contribution in [0.3, 0.4) is 0 Å². The monoisotopic (exact) mass is 335 g/mol. The van der Waals surface area contributed by atoms with E-state index in [4.69, 9.17) is 5.10 Å². The first kappa shape index (κ1) is 14.8. The Morgan fingerprint density at radius 3 is 2.42 bits per heavy atom. The lowest BCUT2D eigenvalue weighted by Crippen LogP contribution is -1.96. The smallest absolute Gasteiger partial charge is 0.163 e. The van der Waals surface area contributed by atoms with Crippen molar-refractivity contribution in [1.82, 2.24) is 14.6 Å². The fraction of sp³-hybridized carbons (Fsp3) is 0.0435. The summed E-state index contributed by atoms with van der Waals surface area (Å²) in [6.45, 7) is 2.05. The Kier molecular flexibility index (Phi) is 3.32. The molecule has 26 heavy (non-hydrogen) atoms. The molecule has 0 aliphatic carbocycles. The summed E-state index contributed by atoms with van der Waals surface area (Å²) < 4.78 is 1.97. The van der Waals surface area contributed by atoms with Crippen LogP contribution in [0.15, 0.2) is 85.1 Å². The lowest BCUT2D eigenvalue weighted by atomic mass is 10.0. The van der Waals surface area contributed by atoms with Crippen LogP contribution in [-0.4, -0.2) is 14.6 Å². The number of aromatic nitrogens is 3. The number of hydrogen-bond donors (Lipinski definition) is 0. The summed E-state index contributed by atoms with van der Waals surface area (Å²) in [5, 5.41) is 7.27. The highest BCUT2D eigenvalue weighted by Gasteiger charge is 2.16. The fourth-order valence-electron chi connectivity index (χ4n) is 3.65. The van der Waals surface area contributed by atoms with Crippen molar-refractivity contribution in [2.45, 2.75) is 6.92 Å². The van der Waals surface area contributed by atoms with Crippen molar-refractivity contribution in [2.24, 2.45) is 0 Å². The highest BCUT2D eigenvalue weighted by Crippen LogP contribution is 2.32. The average Bonchev–Trinajstić information content (AvgIpc) is 3.04. The zero-order valence-corrected chi connectivity index (χ0v) is 14.4. The molecule has 0 spiro atoms. The molecular formula is C23H17N3. The van der Waals surface area contributed by atoms with Crippen LogP contribution in [-0.2, 0) is 0 Å². The van der Waals surface area contributed by atoms with Gasteiger partial charge in [-0.3, -0.25) is 0 Å². The first-order chi connectivity index (χ1) is 12.8. The molecule has 0 N–H and O–H groups in total. The van der Waals surface area contributed by atoms with Crippen LogP contribution in [0.2, 0.25) is 0 Å². The van der Waals surface area contributed by atoms with Crippen LogP contribution in [0, 0.1) is 6.92 Å². The third kappa shape index (κ3) is 2.21. The minimum Gasteiger partial charge on any atom is -0.236 e. The van der Waals surface area contributed by atoms with Crippen LogP contribution in [0.1, 0.15) is 5.69 Å². The molecule has 0 bridgehead atoms. The Morgan fingerprint density at radius 2 is 1.54 bits per heavy atom. The summed E-state index contributed by atoms with van der Waals surface area (Å²) in [5.41, 5.74) is 6.32. The van der Waals surface area contributed by atoms with E-state index in [1.54, 1.807) is 0 Å². The van der Waals surface area contributed by atoms with E-state index < -0.39 is 0 Å². The van der Waals surface area contributed by atoms with Gasteiger partial charge in [0, 0.05) is 17.3 Å². The van der Waals surface area contributed by atoms with Crippen LogP contribution in [0.5, 0.6) is 0 Å². The van der Waals surface area contributed by atoms with Crippen molar-refractivity contribution < 1.29 is 0 Å². The Balaban J connectivity index is 1.83. The van der Waals surface area contributed by atoms with Crippen LogP contribution >= 0.6 is 0 Å². The van der Waals surface area contributed by atoms with Crippen molar-refractivity contribution >= 4 is 16.4 Å². The predicted molar refractivity (Wildman–Crippen MR) is 106 cm³/mol. The molecule has 124 valence electrons. The van der Waals surface area contributed by atoms with Crippen molar-refractivity contribution in [3.05, 3.63) is 90.8 Å². The molecule has 0 saturated carbocycles. The van der Waals surface area contributed by atoms with E-state index in [0.717, 1.165) is 33.7 Å². The number of fused-ring (bicyclic) bond motifs is 2. The molecule has 3 nitrogen and oxygen atoms in total. The van der Waals surface area contributed by atoms with E-state index in [9.17, 15) is 0 Å². The molecule has 3 heteroatoms. The normalized spacial score (nSPS) is 11.3. The minimum absolute atomic E-state index is 0.888. The molecule has 0 fully saturated rings. The van der Waals surface area contributed by atoms with Crippen molar-refractivity contribution in [2.75, 3.05) is 0 Å². The topological polar surface area (TPSA) is 30.2 Å². The fourth-order valence-corrected chi connectivity index (χ4v) is 3.65. The highest BCUT2D eigenvalue weighted by atomic mass is 15.3. The van der Waals surface area contributed by atoms with Crippen LogP contribution in [0.4, 0.5) is 0 Å². The highest BCUT2D eigenvalue weighted by molar-refractivity contribution is 5.96. The largest absolute Gasteiger partial charge is 0.236 e. The van der Waals surface area contributed by atoms with Gasteiger partial charge in [-0.2, -0.15) is 5.10 Å². The van der Waals surface area contributed by atoms with Gasteiger partial charge in [-0.1, -0.05) is 72.8 Å². The maximum Gasteiger partial charge on any atom is 0.163 e. The molecule has 0 saturated heterocycles. The number of rotatable bonds is 2. The predicted octanol–water partition coefficient (Wildman–Crippen LogP) is 5.52. The molecule has 0 unspecified atom stereocenters. The maximum absolute atomic E-state index is 4.83. The molecule has 2 aromatic heterocycles. The van der Waals surface area contributed by atoms with Gasteiger partial charge in [-0.05, 0) is 29.3 Å². The zero-order chi connectivity index (χ0) is 17.5. The Labute approximate surface area is 151 Å². The molecule has 0 aliphatic rings. The number of hydrogen-bond acceptors (Lipinski definition) is 2. The lowest BCUT2D eigenvalue weighted by molar-refractivity contribution is 0.926. The quantitative estimate of drug-likeness (QED) is 0.425. The third-order valence-electron chi connectivity index (χ3n) is 4.82. The van der Waals surface area contributed by atoms with Gasteiger partial charge in [-0.25, -0.2) is 9.50 Å². The molecule has 0 atom stereocenters. The van der Waals surface area contributed by atoms with E-state index in [1.807, 2.05) is 41.9 Å². The second kappa shape index (κ2) is 5.81. The molecule has 5 rings (SSSR count). The summed E-state index contributed by atoms with van der Waals surface area (Å²) in [6.07, 6.45) is 1.88. The van der Waals surface area contributed by atoms with Crippen LogP contribution < -0.4 is 0 Å². The molecule has 5 aromatic rings. The second-order valence-corrected chi connectivity index (χ2v) is 6.42. The van der Waals surface area contributed by atoms with Crippen molar-refractivity contribution in [1.29, 1.82) is 0 Å². The Hall–Kier alpha value is -3.46. The third-order valence-corrected chi connectivity index (χ3v) is 4.82.